The van der Waals surface area contributed by atoms with Crippen LogP contribution in [-0.2, 0) is 0 Å². The van der Waals surface area contributed by atoms with Crippen LogP contribution in [0.1, 0.15) is 37.5 Å². The van der Waals surface area contributed by atoms with E-state index in [4.69, 9.17) is 5.73 Å². The molecule has 0 amide bonds. The van der Waals surface area contributed by atoms with E-state index >= 15 is 0 Å². The van der Waals surface area contributed by atoms with Gasteiger partial charge in [0.05, 0.1) is 11.7 Å². The molecule has 0 aromatic heterocycles. The Hall–Kier alpha value is -1.00. The molecule has 3 N–H and O–H groups in total. The lowest BCUT2D eigenvalue weighted by molar-refractivity contribution is 0.0921. The van der Waals surface area contributed by atoms with Crippen LogP contribution in [0.15, 0.2) is 12.1 Å². The van der Waals surface area contributed by atoms with Crippen LogP contribution in [0.2, 0.25) is 0 Å². The summed E-state index contributed by atoms with van der Waals surface area (Å²) >= 11 is 0. The number of hydrogen-bond acceptors (Lipinski definition) is 2. The second kappa shape index (κ2) is 6.25. The molecule has 0 aliphatic rings. The van der Waals surface area contributed by atoms with Gasteiger partial charge in [0.15, 0.2) is 0 Å². The van der Waals surface area contributed by atoms with Gasteiger partial charge in [-0.25, -0.2) is 8.78 Å². The number of aryl methyl sites for hydroxylation is 1. The minimum atomic E-state index is -1.20. The molecule has 1 rings (SSSR count). The van der Waals surface area contributed by atoms with Gasteiger partial charge in [0.1, 0.15) is 11.6 Å². The van der Waals surface area contributed by atoms with Gasteiger partial charge in [-0.1, -0.05) is 19.9 Å². The minimum absolute atomic E-state index is 0.201. The van der Waals surface area contributed by atoms with Crippen LogP contribution in [-0.4, -0.2) is 11.7 Å². The third-order valence-electron chi connectivity index (χ3n) is 3.14. The maximum atomic E-state index is 13.9. The Morgan fingerprint density at radius 1 is 1.28 bits per heavy atom. The monoisotopic (exact) mass is 257 g/mol. The van der Waals surface area contributed by atoms with Crippen LogP contribution in [0.3, 0.4) is 0 Å². The van der Waals surface area contributed by atoms with Gasteiger partial charge in [0, 0.05) is 5.92 Å². The van der Waals surface area contributed by atoms with E-state index in [1.165, 1.54) is 12.1 Å². The van der Waals surface area contributed by atoms with Gasteiger partial charge in [-0.3, -0.25) is 0 Å². The molecule has 2 unspecified atom stereocenters. The molecule has 0 spiro atoms. The molecule has 18 heavy (non-hydrogen) atoms. The lowest BCUT2D eigenvalue weighted by Gasteiger charge is -2.24. The number of rotatable bonds is 5. The molecule has 0 fully saturated rings. The minimum Gasteiger partial charge on any atom is -0.388 e. The highest BCUT2D eigenvalue weighted by Gasteiger charge is 2.27. The first-order valence-electron chi connectivity index (χ1n) is 6.21. The van der Waals surface area contributed by atoms with Gasteiger partial charge in [0.2, 0.25) is 0 Å². The van der Waals surface area contributed by atoms with Crippen molar-refractivity contribution in [2.24, 2.45) is 17.6 Å². The zero-order valence-corrected chi connectivity index (χ0v) is 11.1. The number of aliphatic hydroxyl groups excluding tert-OH is 1. The summed E-state index contributed by atoms with van der Waals surface area (Å²) in [7, 11) is 0. The van der Waals surface area contributed by atoms with Crippen molar-refractivity contribution in [3.05, 3.63) is 34.9 Å². The summed E-state index contributed by atoms with van der Waals surface area (Å²) < 4.78 is 27.6. The highest BCUT2D eigenvalue weighted by Crippen LogP contribution is 2.31. The molecule has 0 aliphatic heterocycles. The quantitative estimate of drug-likeness (QED) is 0.852. The topological polar surface area (TPSA) is 46.2 Å². The van der Waals surface area contributed by atoms with E-state index in [0.29, 0.717) is 17.9 Å². The molecule has 2 atom stereocenters. The van der Waals surface area contributed by atoms with Crippen LogP contribution < -0.4 is 5.73 Å². The average Bonchev–Trinajstić information content (AvgIpc) is 2.31. The molecule has 2 nitrogen and oxygen atoms in total. The second-order valence-corrected chi connectivity index (χ2v) is 5.16. The number of aliphatic hydroxyl groups is 1. The van der Waals surface area contributed by atoms with Crippen molar-refractivity contribution in [1.82, 2.24) is 0 Å². The zero-order valence-electron chi connectivity index (χ0n) is 11.1. The summed E-state index contributed by atoms with van der Waals surface area (Å²) in [6.07, 6.45) is -0.567. The van der Waals surface area contributed by atoms with Crippen molar-refractivity contribution < 1.29 is 13.9 Å². The van der Waals surface area contributed by atoms with Gasteiger partial charge in [0.25, 0.3) is 0 Å². The lowest BCUT2D eigenvalue weighted by Crippen LogP contribution is -2.25. The van der Waals surface area contributed by atoms with Crippen molar-refractivity contribution in [3.8, 4) is 0 Å². The molecule has 0 bridgehead atoms. The number of hydrogen-bond donors (Lipinski definition) is 2. The van der Waals surface area contributed by atoms with Crippen LogP contribution in [0.25, 0.3) is 0 Å². The Labute approximate surface area is 107 Å². The Morgan fingerprint density at radius 2 is 1.89 bits per heavy atom. The van der Waals surface area contributed by atoms with E-state index < -0.39 is 17.7 Å². The number of halogens is 2. The SMILES string of the molecule is Cc1ccc(F)c(C(O)C(CN)CC(C)C)c1F. The number of nitrogens with two attached hydrogens (primary N) is 1. The van der Waals surface area contributed by atoms with Crippen molar-refractivity contribution in [2.45, 2.75) is 33.3 Å². The normalized spacial score (nSPS) is 14.9. The molecule has 0 radical (unpaired) electrons. The smallest absolute Gasteiger partial charge is 0.134 e. The fourth-order valence-corrected chi connectivity index (χ4v) is 2.14. The summed E-state index contributed by atoms with van der Waals surface area (Å²) in [4.78, 5) is 0. The van der Waals surface area contributed by atoms with Gasteiger partial charge in [-0.05, 0) is 37.4 Å². The highest BCUT2D eigenvalue weighted by molar-refractivity contribution is 5.28. The largest absolute Gasteiger partial charge is 0.388 e. The molecule has 0 saturated heterocycles. The molecular formula is C14H21F2NO. The fourth-order valence-electron chi connectivity index (χ4n) is 2.14. The average molecular weight is 257 g/mol. The molecule has 0 heterocycles. The predicted molar refractivity (Wildman–Crippen MR) is 68.1 cm³/mol. The summed E-state index contributed by atoms with van der Waals surface area (Å²) in [6, 6.07) is 2.54. The highest BCUT2D eigenvalue weighted by atomic mass is 19.1. The molecule has 102 valence electrons. The van der Waals surface area contributed by atoms with Gasteiger partial charge in [-0.15, -0.1) is 0 Å². The van der Waals surface area contributed by atoms with Crippen LogP contribution in [0.4, 0.5) is 8.78 Å². The standard InChI is InChI=1S/C14H21F2NO/c1-8(2)6-10(7-17)14(18)12-11(15)5-4-9(3)13(12)16/h4-5,8,10,14,18H,6-7,17H2,1-3H3. The molecule has 0 aliphatic carbocycles. The summed E-state index contributed by atoms with van der Waals surface area (Å²) in [5.41, 5.74) is 5.66. The van der Waals surface area contributed by atoms with Crippen molar-refractivity contribution >= 4 is 0 Å². The van der Waals surface area contributed by atoms with Crippen molar-refractivity contribution in [3.63, 3.8) is 0 Å². The van der Waals surface area contributed by atoms with Crippen LogP contribution >= 0.6 is 0 Å². The third-order valence-corrected chi connectivity index (χ3v) is 3.14. The second-order valence-electron chi connectivity index (χ2n) is 5.16. The van der Waals surface area contributed by atoms with Gasteiger partial charge >= 0.3 is 0 Å². The fraction of sp³-hybridized carbons (Fsp3) is 0.571. The number of benzene rings is 1. The summed E-state index contributed by atoms with van der Waals surface area (Å²) in [5.74, 6) is -1.42. The predicted octanol–water partition coefficient (Wildman–Crippen LogP) is 2.93. The zero-order chi connectivity index (χ0) is 13.9. The van der Waals surface area contributed by atoms with E-state index in [0.717, 1.165) is 0 Å². The van der Waals surface area contributed by atoms with Gasteiger partial charge < -0.3 is 10.8 Å². The molecule has 0 saturated carbocycles. The van der Waals surface area contributed by atoms with E-state index in [9.17, 15) is 13.9 Å². The maximum absolute atomic E-state index is 13.9. The first kappa shape index (κ1) is 15.1. The van der Waals surface area contributed by atoms with Crippen molar-refractivity contribution in [1.29, 1.82) is 0 Å². The Balaban J connectivity index is 3.08. The molecule has 1 aromatic carbocycles. The van der Waals surface area contributed by atoms with Gasteiger partial charge in [-0.2, -0.15) is 0 Å². The van der Waals surface area contributed by atoms with Crippen LogP contribution in [0, 0.1) is 30.4 Å². The first-order chi connectivity index (χ1) is 8.38. The maximum Gasteiger partial charge on any atom is 0.134 e. The van der Waals surface area contributed by atoms with E-state index in [-0.39, 0.29) is 18.0 Å². The molecule has 4 heteroatoms. The van der Waals surface area contributed by atoms with E-state index in [1.807, 2.05) is 13.8 Å². The van der Waals surface area contributed by atoms with Crippen molar-refractivity contribution in [2.75, 3.05) is 6.54 Å². The Kier molecular flexibility index (Phi) is 5.23. The van der Waals surface area contributed by atoms with Crippen LogP contribution in [0.5, 0.6) is 0 Å². The molecule has 1 aromatic rings. The van der Waals surface area contributed by atoms with E-state index in [2.05, 4.69) is 0 Å². The first-order valence-corrected chi connectivity index (χ1v) is 6.21. The third kappa shape index (κ3) is 3.27. The molecular weight excluding hydrogens is 236 g/mol. The lowest BCUT2D eigenvalue weighted by atomic mass is 9.87. The Morgan fingerprint density at radius 3 is 2.39 bits per heavy atom. The summed E-state index contributed by atoms with van der Waals surface area (Å²) in [5, 5.41) is 10.2. The Bertz CT molecular complexity index is 407. The van der Waals surface area contributed by atoms with E-state index in [1.54, 1.807) is 6.92 Å². The summed E-state index contributed by atoms with van der Waals surface area (Å²) in [6.45, 7) is 5.72.